The molecule has 2 heterocycles. The van der Waals surface area contributed by atoms with Crippen molar-refractivity contribution in [1.29, 1.82) is 0 Å². The summed E-state index contributed by atoms with van der Waals surface area (Å²) in [6.07, 6.45) is 0.424. The van der Waals surface area contributed by atoms with Gasteiger partial charge in [0.1, 0.15) is 11.5 Å². The molecule has 0 aromatic heterocycles. The average Bonchev–Trinajstić information content (AvgIpc) is 2.91. The Morgan fingerprint density at radius 1 is 1.27 bits per heavy atom. The standard InChI is InChI=1S/C15H18N2O4S/c16-14(18)13-9-17(15(19)21-13)12-3-1-10(2-4-12)11-5-7-22(20)8-6-11/h1-4,11,13H,5-9H2,(H2,16,18)/t11-,13-,22-/m1/s1. The molecule has 2 aliphatic heterocycles. The molecule has 0 spiro atoms. The number of amides is 2. The highest BCUT2D eigenvalue weighted by Crippen LogP contribution is 2.31. The van der Waals surface area contributed by atoms with Crippen molar-refractivity contribution in [2.45, 2.75) is 24.9 Å². The van der Waals surface area contributed by atoms with Gasteiger partial charge in [-0.2, -0.15) is 0 Å². The van der Waals surface area contributed by atoms with Crippen LogP contribution in [0, 0.1) is 0 Å². The maximum absolute atomic E-state index is 11.8. The Hall–Kier alpha value is -1.73. The Morgan fingerprint density at radius 2 is 1.91 bits per heavy atom. The highest BCUT2D eigenvalue weighted by atomic mass is 32.2. The molecule has 118 valence electrons. The first kappa shape index (κ1) is 15.2. The van der Waals surface area contributed by atoms with Gasteiger partial charge in [0.05, 0.1) is 6.54 Å². The predicted molar refractivity (Wildman–Crippen MR) is 83.1 cm³/mol. The fourth-order valence-corrected chi connectivity index (χ4v) is 4.17. The summed E-state index contributed by atoms with van der Waals surface area (Å²) < 4.78 is 16.3. The summed E-state index contributed by atoms with van der Waals surface area (Å²) in [4.78, 5) is 24.3. The second kappa shape index (κ2) is 6.18. The molecule has 0 saturated carbocycles. The molecule has 2 N–H and O–H groups in total. The molecule has 2 amide bonds. The van der Waals surface area contributed by atoms with Crippen LogP contribution in [0.1, 0.15) is 24.3 Å². The third kappa shape index (κ3) is 3.05. The van der Waals surface area contributed by atoms with Gasteiger partial charge in [-0.1, -0.05) is 23.3 Å². The zero-order valence-corrected chi connectivity index (χ0v) is 12.9. The lowest BCUT2D eigenvalue weighted by atomic mass is 9.93. The first-order valence-electron chi connectivity index (χ1n) is 7.27. The summed E-state index contributed by atoms with van der Waals surface area (Å²) in [7, 11) is 0. The van der Waals surface area contributed by atoms with E-state index < -0.39 is 29.3 Å². The molecular formula is C15H18N2O4S. The molecule has 2 saturated heterocycles. The van der Waals surface area contributed by atoms with Crippen LogP contribution in [0.5, 0.6) is 0 Å². The van der Waals surface area contributed by atoms with E-state index in [1.54, 1.807) is 0 Å². The van der Waals surface area contributed by atoms with Gasteiger partial charge >= 0.3 is 6.09 Å². The molecule has 6 nitrogen and oxygen atoms in total. The Morgan fingerprint density at radius 3 is 2.45 bits per heavy atom. The number of benzene rings is 1. The fraction of sp³-hybridized carbons (Fsp3) is 0.467. The van der Waals surface area contributed by atoms with Crippen LogP contribution in [0.15, 0.2) is 24.3 Å². The molecule has 2 fully saturated rings. The molecule has 22 heavy (non-hydrogen) atoms. The van der Waals surface area contributed by atoms with Gasteiger partial charge in [-0.15, -0.1) is 0 Å². The summed E-state index contributed by atoms with van der Waals surface area (Å²) >= 11 is -0.667. The summed E-state index contributed by atoms with van der Waals surface area (Å²) in [6.45, 7) is 0.149. The number of cyclic esters (lactones) is 1. The first-order chi connectivity index (χ1) is 10.5. The minimum Gasteiger partial charge on any atom is -0.616 e. The van der Waals surface area contributed by atoms with Gasteiger partial charge in [-0.3, -0.25) is 9.69 Å². The van der Waals surface area contributed by atoms with Crippen LogP contribution in [0.4, 0.5) is 10.5 Å². The molecule has 0 aliphatic carbocycles. The third-order valence-corrected chi connectivity index (χ3v) is 5.58. The molecule has 1 aromatic carbocycles. The number of hydrogen-bond acceptors (Lipinski definition) is 4. The molecule has 0 bridgehead atoms. The molecule has 0 unspecified atom stereocenters. The van der Waals surface area contributed by atoms with Crippen molar-refractivity contribution in [3.05, 3.63) is 29.8 Å². The van der Waals surface area contributed by atoms with Crippen LogP contribution >= 0.6 is 0 Å². The molecular weight excluding hydrogens is 304 g/mol. The second-order valence-corrected chi connectivity index (χ2v) is 7.30. The van der Waals surface area contributed by atoms with Gasteiger partial charge in [0.25, 0.3) is 5.91 Å². The number of hydrogen-bond donors (Lipinski definition) is 1. The molecule has 3 rings (SSSR count). The van der Waals surface area contributed by atoms with E-state index in [-0.39, 0.29) is 6.54 Å². The number of ether oxygens (including phenoxy) is 1. The number of anilines is 1. The predicted octanol–water partition coefficient (Wildman–Crippen LogP) is 1.12. The summed E-state index contributed by atoms with van der Waals surface area (Å²) in [6, 6.07) is 7.68. The number of carbonyl (C=O) groups is 2. The Bertz CT molecular complexity index is 569. The largest absolute Gasteiger partial charge is 0.616 e. The summed E-state index contributed by atoms with van der Waals surface area (Å²) in [5.74, 6) is 1.30. The molecule has 0 radical (unpaired) electrons. The van der Waals surface area contributed by atoms with Gasteiger partial charge in [-0.25, -0.2) is 4.79 Å². The van der Waals surface area contributed by atoms with E-state index in [0.29, 0.717) is 11.6 Å². The Labute approximate surface area is 131 Å². The van der Waals surface area contributed by atoms with Crippen molar-refractivity contribution < 1.29 is 18.9 Å². The van der Waals surface area contributed by atoms with Crippen LogP contribution in [-0.2, 0) is 20.7 Å². The topological polar surface area (TPSA) is 95.7 Å². The van der Waals surface area contributed by atoms with Crippen LogP contribution in [0.2, 0.25) is 0 Å². The van der Waals surface area contributed by atoms with E-state index in [9.17, 15) is 14.1 Å². The highest BCUT2D eigenvalue weighted by Gasteiger charge is 2.35. The summed E-state index contributed by atoms with van der Waals surface area (Å²) in [5.41, 5.74) is 7.05. The number of primary amides is 1. The van der Waals surface area contributed by atoms with E-state index in [1.165, 1.54) is 10.5 Å². The van der Waals surface area contributed by atoms with Gasteiger partial charge in [0.15, 0.2) is 6.10 Å². The van der Waals surface area contributed by atoms with E-state index in [2.05, 4.69) is 0 Å². The fourth-order valence-electron chi connectivity index (χ4n) is 2.88. The summed E-state index contributed by atoms with van der Waals surface area (Å²) in [5, 5.41) is 0. The van der Waals surface area contributed by atoms with Crippen molar-refractivity contribution >= 4 is 28.9 Å². The van der Waals surface area contributed by atoms with Crippen molar-refractivity contribution in [1.82, 2.24) is 0 Å². The minimum absolute atomic E-state index is 0.149. The van der Waals surface area contributed by atoms with E-state index in [0.717, 1.165) is 24.3 Å². The highest BCUT2D eigenvalue weighted by molar-refractivity contribution is 7.91. The van der Waals surface area contributed by atoms with Crippen molar-refractivity contribution in [2.24, 2.45) is 5.73 Å². The maximum Gasteiger partial charge on any atom is 0.415 e. The second-order valence-electron chi connectivity index (χ2n) is 5.60. The zero-order valence-electron chi connectivity index (χ0n) is 12.1. The number of nitrogens with two attached hydrogens (primary N) is 1. The van der Waals surface area contributed by atoms with Gasteiger partial charge in [-0.05, 0) is 36.5 Å². The lowest BCUT2D eigenvalue weighted by Gasteiger charge is -2.24. The van der Waals surface area contributed by atoms with Gasteiger partial charge < -0.3 is 15.0 Å². The van der Waals surface area contributed by atoms with Crippen molar-refractivity contribution in [2.75, 3.05) is 23.0 Å². The van der Waals surface area contributed by atoms with Crippen molar-refractivity contribution in [3.63, 3.8) is 0 Å². The van der Waals surface area contributed by atoms with Crippen LogP contribution in [0.3, 0.4) is 0 Å². The molecule has 1 aromatic rings. The number of carbonyl (C=O) groups excluding carboxylic acids is 2. The van der Waals surface area contributed by atoms with Crippen LogP contribution < -0.4 is 10.6 Å². The van der Waals surface area contributed by atoms with E-state index >= 15 is 0 Å². The quantitative estimate of drug-likeness (QED) is 0.844. The smallest absolute Gasteiger partial charge is 0.415 e. The maximum atomic E-state index is 11.8. The lowest BCUT2D eigenvalue weighted by molar-refractivity contribution is -0.124. The molecule has 1 atom stereocenters. The number of rotatable bonds is 3. The first-order valence-corrected chi connectivity index (χ1v) is 8.76. The zero-order chi connectivity index (χ0) is 15.7. The lowest BCUT2D eigenvalue weighted by Crippen LogP contribution is -2.32. The number of nitrogens with zero attached hydrogens (tertiary/aromatic N) is 1. The SMILES string of the molecule is NC(=O)[C@H]1CN(c2ccc([C@H]3CC[S@+]([O-])CC3)cc2)C(=O)O1. The normalized spacial score (nSPS) is 28.5. The molecule has 7 heteroatoms. The Kier molecular flexibility index (Phi) is 4.26. The minimum atomic E-state index is -0.888. The van der Waals surface area contributed by atoms with Crippen molar-refractivity contribution in [3.8, 4) is 0 Å². The average molecular weight is 322 g/mol. The van der Waals surface area contributed by atoms with Crippen LogP contribution in [-0.4, -0.2) is 40.7 Å². The van der Waals surface area contributed by atoms with Gasteiger partial charge in [0.2, 0.25) is 0 Å². The van der Waals surface area contributed by atoms with E-state index in [1.807, 2.05) is 24.3 Å². The third-order valence-electron chi connectivity index (χ3n) is 4.19. The monoisotopic (exact) mass is 322 g/mol. The van der Waals surface area contributed by atoms with Gasteiger partial charge in [0, 0.05) is 5.69 Å². The molecule has 2 aliphatic rings. The van der Waals surface area contributed by atoms with E-state index in [4.69, 9.17) is 10.5 Å². The van der Waals surface area contributed by atoms with Crippen LogP contribution in [0.25, 0.3) is 0 Å². The Balaban J connectivity index is 1.69.